The molecule has 1 saturated heterocycles. The van der Waals surface area contributed by atoms with Crippen LogP contribution in [0.1, 0.15) is 11.1 Å². The van der Waals surface area contributed by atoms with Crippen molar-refractivity contribution < 1.29 is 9.09 Å². The van der Waals surface area contributed by atoms with E-state index in [1.165, 1.54) is 5.56 Å². The van der Waals surface area contributed by atoms with Gasteiger partial charge in [-0.2, -0.15) is 0 Å². The van der Waals surface area contributed by atoms with Crippen LogP contribution in [0, 0.1) is 6.92 Å². The molecule has 5 heteroatoms. The van der Waals surface area contributed by atoms with Crippen LogP contribution in [0.25, 0.3) is 5.76 Å². The van der Waals surface area contributed by atoms with Crippen molar-refractivity contribution in [3.63, 3.8) is 0 Å². The van der Waals surface area contributed by atoms with Crippen molar-refractivity contribution in [2.24, 2.45) is 0 Å². The number of nitrogens with zero attached hydrogens (tertiary/aromatic N) is 2. The normalized spacial score (nSPS) is 24.0. The summed E-state index contributed by atoms with van der Waals surface area (Å²) in [5, 5.41) is 0. The van der Waals surface area contributed by atoms with Crippen LogP contribution in [0.5, 0.6) is 0 Å². The van der Waals surface area contributed by atoms with Crippen LogP contribution in [0.15, 0.2) is 60.7 Å². The molecule has 4 nitrogen and oxygen atoms in total. The number of anilines is 1. The molecule has 0 N–H and O–H groups in total. The van der Waals surface area contributed by atoms with Gasteiger partial charge in [0.2, 0.25) is 0 Å². The Kier molecular flexibility index (Phi) is 3.51. The minimum absolute atomic E-state index is 0.584. The summed E-state index contributed by atoms with van der Waals surface area (Å²) in [7, 11) is -3.04. The smallest absolute Gasteiger partial charge is 0.417 e. The zero-order chi connectivity index (χ0) is 15.9. The topological polar surface area (TPSA) is 32.5 Å². The molecule has 0 spiro atoms. The van der Waals surface area contributed by atoms with Gasteiger partial charge in [0.15, 0.2) is 0 Å². The van der Waals surface area contributed by atoms with E-state index in [0.717, 1.165) is 24.3 Å². The lowest BCUT2D eigenvalue weighted by Crippen LogP contribution is -2.28. The number of hydrogen-bond donors (Lipinski definition) is 0. The van der Waals surface area contributed by atoms with E-state index in [9.17, 15) is 4.57 Å². The van der Waals surface area contributed by atoms with Gasteiger partial charge in [-0.1, -0.05) is 48.0 Å². The standard InChI is InChI=1S/C18H19N2O2P/c1-15-7-9-17(10-8-15)20-12-11-18(16-5-3-2-4-6-16)22-23(20,21)19-13-14-19/h2-11H,12-14H2,1H3/t23-/m0/s1. The van der Waals surface area contributed by atoms with Gasteiger partial charge in [0.25, 0.3) is 0 Å². The van der Waals surface area contributed by atoms with Gasteiger partial charge in [-0.05, 0) is 25.1 Å². The van der Waals surface area contributed by atoms with E-state index in [2.05, 4.69) is 0 Å². The van der Waals surface area contributed by atoms with E-state index in [1.54, 1.807) is 0 Å². The fraction of sp³-hybridized carbons (Fsp3) is 0.222. The largest absolute Gasteiger partial charge is 0.422 e. The van der Waals surface area contributed by atoms with Crippen molar-refractivity contribution in [2.45, 2.75) is 6.92 Å². The summed E-state index contributed by atoms with van der Waals surface area (Å²) in [5.74, 6) is 0.712. The lowest BCUT2D eigenvalue weighted by Gasteiger charge is -2.36. The van der Waals surface area contributed by atoms with Crippen molar-refractivity contribution in [3.8, 4) is 0 Å². The van der Waals surface area contributed by atoms with Crippen molar-refractivity contribution in [3.05, 3.63) is 71.8 Å². The van der Waals surface area contributed by atoms with Gasteiger partial charge >= 0.3 is 7.67 Å². The molecule has 0 unspecified atom stereocenters. The minimum atomic E-state index is -3.04. The van der Waals surface area contributed by atoms with Gasteiger partial charge in [-0.15, -0.1) is 0 Å². The number of rotatable bonds is 3. The molecule has 0 bridgehead atoms. The summed E-state index contributed by atoms with van der Waals surface area (Å²) in [6, 6.07) is 18.0. The SMILES string of the molecule is Cc1ccc(N2CC=C(c3ccccc3)O[P@@]2(=O)N2CC2)cc1. The Bertz CT molecular complexity index is 782. The van der Waals surface area contributed by atoms with Gasteiger partial charge < -0.3 is 4.52 Å². The van der Waals surface area contributed by atoms with Crippen molar-refractivity contribution in [1.29, 1.82) is 0 Å². The second-order valence-corrected chi connectivity index (χ2v) is 8.10. The second-order valence-electron chi connectivity index (χ2n) is 5.89. The summed E-state index contributed by atoms with van der Waals surface area (Å²) in [6.45, 7) is 4.28. The van der Waals surface area contributed by atoms with E-state index >= 15 is 0 Å². The van der Waals surface area contributed by atoms with E-state index < -0.39 is 7.67 Å². The number of aryl methyl sites for hydroxylation is 1. The lowest BCUT2D eigenvalue weighted by atomic mass is 10.2. The van der Waals surface area contributed by atoms with Crippen LogP contribution < -0.4 is 4.67 Å². The third-order valence-corrected chi connectivity index (χ3v) is 6.70. The monoisotopic (exact) mass is 326 g/mol. The van der Waals surface area contributed by atoms with Crippen LogP contribution in [0.4, 0.5) is 5.69 Å². The molecule has 1 fully saturated rings. The zero-order valence-corrected chi connectivity index (χ0v) is 13.9. The fourth-order valence-electron chi connectivity index (χ4n) is 2.74. The molecule has 2 aliphatic rings. The molecule has 0 aliphatic carbocycles. The Morgan fingerprint density at radius 3 is 2.35 bits per heavy atom. The van der Waals surface area contributed by atoms with Gasteiger partial charge in [0.05, 0.1) is 6.54 Å². The maximum atomic E-state index is 13.6. The highest BCUT2D eigenvalue weighted by molar-refractivity contribution is 7.59. The molecule has 2 aromatic carbocycles. The molecule has 1 atom stereocenters. The quantitative estimate of drug-likeness (QED) is 0.622. The molecule has 4 rings (SSSR count). The Labute approximate surface area is 136 Å². The Morgan fingerprint density at radius 2 is 1.70 bits per heavy atom. The van der Waals surface area contributed by atoms with Crippen LogP contribution >= 0.6 is 7.67 Å². The van der Waals surface area contributed by atoms with Crippen molar-refractivity contribution in [2.75, 3.05) is 24.3 Å². The Morgan fingerprint density at radius 1 is 1.00 bits per heavy atom. The summed E-state index contributed by atoms with van der Waals surface area (Å²) in [4.78, 5) is 0. The predicted octanol–water partition coefficient (Wildman–Crippen LogP) is 4.30. The van der Waals surface area contributed by atoms with Gasteiger partial charge in [0.1, 0.15) is 5.76 Å². The van der Waals surface area contributed by atoms with Crippen LogP contribution in [-0.2, 0) is 9.09 Å². The summed E-state index contributed by atoms with van der Waals surface area (Å²) in [5.41, 5.74) is 3.10. The first-order chi connectivity index (χ1) is 11.2. The van der Waals surface area contributed by atoms with E-state index in [4.69, 9.17) is 4.52 Å². The molecule has 0 aromatic heterocycles. The maximum absolute atomic E-state index is 13.6. The first-order valence-electron chi connectivity index (χ1n) is 7.82. The molecular formula is C18H19N2O2P. The summed E-state index contributed by atoms with van der Waals surface area (Å²) >= 11 is 0. The molecule has 0 amide bonds. The van der Waals surface area contributed by atoms with Gasteiger partial charge in [-0.3, -0.25) is 4.67 Å². The molecule has 2 heterocycles. The second kappa shape index (κ2) is 5.55. The van der Waals surface area contributed by atoms with E-state index in [0.29, 0.717) is 12.3 Å². The Hall–Kier alpha value is -2.03. The molecule has 2 aliphatic heterocycles. The Balaban J connectivity index is 1.71. The average Bonchev–Trinajstić information content (AvgIpc) is 3.42. The molecule has 118 valence electrons. The average molecular weight is 326 g/mol. The van der Waals surface area contributed by atoms with Gasteiger partial charge in [-0.25, -0.2) is 9.24 Å². The van der Waals surface area contributed by atoms with Crippen molar-refractivity contribution >= 4 is 19.1 Å². The highest BCUT2D eigenvalue weighted by Crippen LogP contribution is 2.63. The number of hydrogen-bond acceptors (Lipinski definition) is 2. The maximum Gasteiger partial charge on any atom is 0.422 e. The van der Waals surface area contributed by atoms with E-state index in [-0.39, 0.29) is 0 Å². The fourth-order valence-corrected chi connectivity index (χ4v) is 5.00. The molecule has 2 aromatic rings. The van der Waals surface area contributed by atoms with Crippen LogP contribution in [0.3, 0.4) is 0 Å². The molecule has 0 radical (unpaired) electrons. The highest BCUT2D eigenvalue weighted by Gasteiger charge is 2.48. The molecule has 0 saturated carbocycles. The number of benzene rings is 2. The minimum Gasteiger partial charge on any atom is -0.417 e. The zero-order valence-electron chi connectivity index (χ0n) is 13.1. The van der Waals surface area contributed by atoms with Crippen LogP contribution in [0.2, 0.25) is 0 Å². The lowest BCUT2D eigenvalue weighted by molar-refractivity contribution is 0.416. The van der Waals surface area contributed by atoms with E-state index in [1.807, 2.05) is 76.9 Å². The predicted molar refractivity (Wildman–Crippen MR) is 93.2 cm³/mol. The third kappa shape index (κ3) is 2.69. The summed E-state index contributed by atoms with van der Waals surface area (Å²) in [6.07, 6.45) is 2.01. The van der Waals surface area contributed by atoms with Gasteiger partial charge in [0, 0.05) is 24.3 Å². The first kappa shape index (κ1) is 14.6. The molecule has 23 heavy (non-hydrogen) atoms. The molecular weight excluding hydrogens is 307 g/mol. The summed E-state index contributed by atoms with van der Waals surface area (Å²) < 4.78 is 23.4. The van der Waals surface area contributed by atoms with Crippen LogP contribution in [-0.4, -0.2) is 24.3 Å². The third-order valence-electron chi connectivity index (χ3n) is 4.14. The van der Waals surface area contributed by atoms with Crippen molar-refractivity contribution in [1.82, 2.24) is 4.67 Å². The first-order valence-corrected chi connectivity index (χ1v) is 9.35. The highest BCUT2D eigenvalue weighted by atomic mass is 31.2.